The van der Waals surface area contributed by atoms with Crippen molar-refractivity contribution in [1.82, 2.24) is 0 Å². The third kappa shape index (κ3) is 1.15. The molecule has 0 amide bonds. The van der Waals surface area contributed by atoms with Crippen LogP contribution in [0.25, 0.3) is 0 Å². The molecule has 0 aromatic heterocycles. The SMILES string of the molecule is O[C@H]([C@@H](O)[C@H]1CO1)[C@H]1CO1. The van der Waals surface area contributed by atoms with Crippen molar-refractivity contribution in [2.24, 2.45) is 0 Å². The molecular weight excluding hydrogens is 136 g/mol. The van der Waals surface area contributed by atoms with Gasteiger partial charge in [0.1, 0.15) is 24.4 Å². The third-order valence-corrected chi connectivity index (χ3v) is 1.83. The molecule has 58 valence electrons. The summed E-state index contributed by atoms with van der Waals surface area (Å²) in [6.45, 7) is 1.12. The molecule has 2 aliphatic rings. The summed E-state index contributed by atoms with van der Waals surface area (Å²) in [7, 11) is 0. The first-order valence-electron chi connectivity index (χ1n) is 3.38. The molecule has 2 saturated heterocycles. The minimum atomic E-state index is -0.757. The van der Waals surface area contributed by atoms with Gasteiger partial charge in [0.25, 0.3) is 0 Å². The van der Waals surface area contributed by atoms with Crippen molar-refractivity contribution in [2.45, 2.75) is 24.4 Å². The highest BCUT2D eigenvalue weighted by Gasteiger charge is 2.43. The molecule has 0 aromatic carbocycles. The van der Waals surface area contributed by atoms with Gasteiger partial charge >= 0.3 is 0 Å². The number of ether oxygens (including phenoxy) is 2. The van der Waals surface area contributed by atoms with Crippen molar-refractivity contribution < 1.29 is 19.7 Å². The highest BCUT2D eigenvalue weighted by atomic mass is 16.6. The van der Waals surface area contributed by atoms with Gasteiger partial charge in [0, 0.05) is 0 Å². The summed E-state index contributed by atoms with van der Waals surface area (Å²) in [4.78, 5) is 0. The quantitative estimate of drug-likeness (QED) is 0.476. The van der Waals surface area contributed by atoms with E-state index < -0.39 is 12.2 Å². The topological polar surface area (TPSA) is 65.5 Å². The summed E-state index contributed by atoms with van der Waals surface area (Å²) in [6.07, 6.45) is -1.82. The second-order valence-corrected chi connectivity index (χ2v) is 2.72. The van der Waals surface area contributed by atoms with Gasteiger partial charge in [-0.3, -0.25) is 0 Å². The maximum Gasteiger partial charge on any atom is 0.111 e. The summed E-state index contributed by atoms with van der Waals surface area (Å²) in [5.74, 6) is 0. The Morgan fingerprint density at radius 3 is 1.50 bits per heavy atom. The number of hydrogen-bond acceptors (Lipinski definition) is 4. The molecule has 2 aliphatic heterocycles. The van der Waals surface area contributed by atoms with Gasteiger partial charge in [0.15, 0.2) is 0 Å². The molecule has 0 unspecified atom stereocenters. The van der Waals surface area contributed by atoms with E-state index >= 15 is 0 Å². The van der Waals surface area contributed by atoms with Gasteiger partial charge in [-0.15, -0.1) is 0 Å². The van der Waals surface area contributed by atoms with Crippen molar-refractivity contribution in [2.75, 3.05) is 13.2 Å². The lowest BCUT2D eigenvalue weighted by Gasteiger charge is -2.12. The van der Waals surface area contributed by atoms with Crippen LogP contribution < -0.4 is 0 Å². The Labute approximate surface area is 58.4 Å². The summed E-state index contributed by atoms with van der Waals surface area (Å²) in [5, 5.41) is 18.4. The van der Waals surface area contributed by atoms with Gasteiger partial charge in [-0.1, -0.05) is 0 Å². The fraction of sp³-hybridized carbons (Fsp3) is 1.00. The second kappa shape index (κ2) is 2.17. The summed E-state index contributed by atoms with van der Waals surface area (Å²) in [5.41, 5.74) is 0. The Morgan fingerprint density at radius 1 is 1.00 bits per heavy atom. The molecule has 4 nitrogen and oxygen atoms in total. The highest BCUT2D eigenvalue weighted by Crippen LogP contribution is 2.23. The van der Waals surface area contributed by atoms with Crippen LogP contribution in [-0.2, 0) is 9.47 Å². The van der Waals surface area contributed by atoms with Crippen LogP contribution in [0.4, 0.5) is 0 Å². The van der Waals surface area contributed by atoms with Gasteiger partial charge in [0.05, 0.1) is 13.2 Å². The van der Waals surface area contributed by atoms with E-state index in [1.807, 2.05) is 0 Å². The molecule has 0 spiro atoms. The second-order valence-electron chi connectivity index (χ2n) is 2.72. The summed E-state index contributed by atoms with van der Waals surface area (Å²) in [6, 6.07) is 0. The van der Waals surface area contributed by atoms with E-state index in [9.17, 15) is 10.2 Å². The molecule has 4 atom stereocenters. The largest absolute Gasteiger partial charge is 0.388 e. The molecule has 0 aliphatic carbocycles. The lowest BCUT2D eigenvalue weighted by Crippen LogP contribution is -2.35. The van der Waals surface area contributed by atoms with E-state index in [1.165, 1.54) is 0 Å². The van der Waals surface area contributed by atoms with Crippen LogP contribution in [0.2, 0.25) is 0 Å². The number of hydrogen-bond donors (Lipinski definition) is 2. The molecule has 0 radical (unpaired) electrons. The molecule has 0 saturated carbocycles. The first kappa shape index (κ1) is 6.54. The normalized spacial score (nSPS) is 42.6. The first-order valence-corrected chi connectivity index (χ1v) is 3.38. The standard InChI is InChI=1S/C6H10O4/c7-5(3-1-9-3)6(8)4-2-10-4/h3-8H,1-2H2/t3-,4-,5+,6+/m1/s1. The molecule has 0 aromatic rings. The Morgan fingerprint density at radius 2 is 1.30 bits per heavy atom. The van der Waals surface area contributed by atoms with Crippen molar-refractivity contribution in [3.63, 3.8) is 0 Å². The van der Waals surface area contributed by atoms with E-state index in [-0.39, 0.29) is 12.2 Å². The van der Waals surface area contributed by atoms with Crippen molar-refractivity contribution >= 4 is 0 Å². The van der Waals surface area contributed by atoms with E-state index in [4.69, 9.17) is 9.47 Å². The summed E-state index contributed by atoms with van der Waals surface area (Å²) >= 11 is 0. The third-order valence-electron chi connectivity index (χ3n) is 1.83. The molecular formula is C6H10O4. The van der Waals surface area contributed by atoms with Crippen LogP contribution in [0.5, 0.6) is 0 Å². The molecule has 2 fully saturated rings. The van der Waals surface area contributed by atoms with Crippen LogP contribution in [-0.4, -0.2) is 47.8 Å². The van der Waals surface area contributed by atoms with Crippen LogP contribution in [0, 0.1) is 0 Å². The number of epoxide rings is 2. The lowest BCUT2D eigenvalue weighted by atomic mass is 10.1. The van der Waals surface area contributed by atoms with Gasteiger partial charge in [-0.25, -0.2) is 0 Å². The zero-order chi connectivity index (χ0) is 7.14. The molecule has 2 N–H and O–H groups in total. The molecule has 2 heterocycles. The van der Waals surface area contributed by atoms with E-state index in [0.717, 1.165) is 0 Å². The predicted molar refractivity (Wildman–Crippen MR) is 31.5 cm³/mol. The molecule has 10 heavy (non-hydrogen) atoms. The van der Waals surface area contributed by atoms with Crippen LogP contribution in [0.15, 0.2) is 0 Å². The van der Waals surface area contributed by atoms with Crippen molar-refractivity contribution in [3.8, 4) is 0 Å². The van der Waals surface area contributed by atoms with Gasteiger partial charge in [0.2, 0.25) is 0 Å². The van der Waals surface area contributed by atoms with Crippen LogP contribution >= 0.6 is 0 Å². The molecule has 2 rings (SSSR count). The molecule has 4 heteroatoms. The van der Waals surface area contributed by atoms with Crippen LogP contribution in [0.1, 0.15) is 0 Å². The minimum absolute atomic E-state index is 0.154. The van der Waals surface area contributed by atoms with Crippen molar-refractivity contribution in [3.05, 3.63) is 0 Å². The number of rotatable bonds is 3. The minimum Gasteiger partial charge on any atom is -0.388 e. The van der Waals surface area contributed by atoms with Gasteiger partial charge in [-0.2, -0.15) is 0 Å². The highest BCUT2D eigenvalue weighted by molar-refractivity contribution is 4.91. The maximum absolute atomic E-state index is 9.21. The predicted octanol–water partition coefficient (Wildman–Crippen LogP) is -1.49. The van der Waals surface area contributed by atoms with Gasteiger partial charge in [-0.05, 0) is 0 Å². The van der Waals surface area contributed by atoms with E-state index in [2.05, 4.69) is 0 Å². The zero-order valence-electron chi connectivity index (χ0n) is 5.43. The Balaban J connectivity index is 1.83. The fourth-order valence-electron chi connectivity index (χ4n) is 0.945. The smallest absolute Gasteiger partial charge is 0.111 e. The average molecular weight is 146 g/mol. The lowest BCUT2D eigenvalue weighted by molar-refractivity contribution is -0.0116. The van der Waals surface area contributed by atoms with Crippen molar-refractivity contribution in [1.29, 1.82) is 0 Å². The number of aliphatic hydroxyl groups is 2. The maximum atomic E-state index is 9.21. The fourth-order valence-corrected chi connectivity index (χ4v) is 0.945. The summed E-state index contributed by atoms with van der Waals surface area (Å²) < 4.78 is 9.61. The zero-order valence-corrected chi connectivity index (χ0v) is 5.43. The van der Waals surface area contributed by atoms with E-state index in [1.54, 1.807) is 0 Å². The van der Waals surface area contributed by atoms with Gasteiger partial charge < -0.3 is 19.7 Å². The Kier molecular flexibility index (Phi) is 1.42. The Bertz CT molecular complexity index is 114. The average Bonchev–Trinajstić information content (AvgIpc) is 2.73. The van der Waals surface area contributed by atoms with Crippen LogP contribution in [0.3, 0.4) is 0 Å². The Hall–Kier alpha value is -0.160. The number of aliphatic hydroxyl groups excluding tert-OH is 2. The van der Waals surface area contributed by atoms with E-state index in [0.29, 0.717) is 13.2 Å². The molecule has 0 bridgehead atoms. The monoisotopic (exact) mass is 146 g/mol. The first-order chi connectivity index (χ1) is 4.79.